The summed E-state index contributed by atoms with van der Waals surface area (Å²) in [7, 11) is 0. The molecular weight excluding hydrogens is 290 g/mol. The van der Waals surface area contributed by atoms with Crippen molar-refractivity contribution in [2.45, 2.75) is 44.3 Å². The first kappa shape index (κ1) is 15.2. The van der Waals surface area contributed by atoms with Crippen LogP contribution in [0.2, 0.25) is 0 Å². The molecule has 2 atom stereocenters. The van der Waals surface area contributed by atoms with Crippen LogP contribution in [0.15, 0.2) is 30.3 Å². The maximum absolute atomic E-state index is 13.0. The Morgan fingerprint density at radius 3 is 2.48 bits per heavy atom. The first-order valence-electron chi connectivity index (χ1n) is 8.65. The fraction of sp³-hybridized carbons (Fsp3) is 0.632. The molecule has 1 amide bonds. The van der Waals surface area contributed by atoms with Gasteiger partial charge in [0, 0.05) is 18.4 Å². The fourth-order valence-electron chi connectivity index (χ4n) is 5.29. The molecule has 1 unspecified atom stereocenters. The van der Waals surface area contributed by atoms with E-state index < -0.39 is 11.2 Å². The summed E-state index contributed by atoms with van der Waals surface area (Å²) < 4.78 is 12.2. The molecule has 1 saturated carbocycles. The third-order valence-corrected chi connectivity index (χ3v) is 6.46. The quantitative estimate of drug-likeness (QED) is 0.866. The van der Waals surface area contributed by atoms with E-state index in [1.165, 1.54) is 0 Å². The summed E-state index contributed by atoms with van der Waals surface area (Å²) in [5, 5.41) is 3.12. The largest absolute Gasteiger partial charge is 0.355 e. The first-order valence-corrected chi connectivity index (χ1v) is 8.65. The van der Waals surface area contributed by atoms with Gasteiger partial charge in [0.05, 0.1) is 18.6 Å². The number of hydrogen-bond acceptors (Lipinski definition) is 3. The van der Waals surface area contributed by atoms with Gasteiger partial charge in [-0.15, -0.1) is 0 Å². The van der Waals surface area contributed by atoms with Crippen LogP contribution in [0.3, 0.4) is 0 Å². The molecule has 124 valence electrons. The Morgan fingerprint density at radius 2 is 1.78 bits per heavy atom. The minimum absolute atomic E-state index is 0.167. The summed E-state index contributed by atoms with van der Waals surface area (Å²) >= 11 is 0. The van der Waals surface area contributed by atoms with Crippen LogP contribution in [0.25, 0.3) is 0 Å². The standard InChI is InChI=1S/C19H25NO3/c1-17(2)15-8-11-20-16(21)18(15,14-6-4-3-5-7-14)9-10-19(17)22-12-13-23-19/h3-7,15H,8-13H2,1-2H3,(H,20,21)/t15-,18?/m0/s1. The summed E-state index contributed by atoms with van der Waals surface area (Å²) in [6, 6.07) is 10.3. The van der Waals surface area contributed by atoms with Crippen LogP contribution in [-0.2, 0) is 19.7 Å². The van der Waals surface area contributed by atoms with Crippen LogP contribution in [0.1, 0.15) is 38.7 Å². The molecule has 1 aromatic carbocycles. The average molecular weight is 315 g/mol. The van der Waals surface area contributed by atoms with Crippen molar-refractivity contribution in [2.75, 3.05) is 19.8 Å². The van der Waals surface area contributed by atoms with Gasteiger partial charge in [0.1, 0.15) is 0 Å². The number of benzene rings is 1. The Bertz CT molecular complexity index is 606. The van der Waals surface area contributed by atoms with E-state index in [2.05, 4.69) is 31.3 Å². The molecule has 4 rings (SSSR count). The Kier molecular flexibility index (Phi) is 3.33. The highest BCUT2D eigenvalue weighted by Gasteiger charge is 2.66. The highest BCUT2D eigenvalue weighted by Crippen LogP contribution is 2.61. The predicted octanol–water partition coefficient (Wildman–Crippen LogP) is 2.62. The van der Waals surface area contributed by atoms with Crippen LogP contribution in [0.5, 0.6) is 0 Å². The molecule has 0 radical (unpaired) electrons. The molecular formula is C19H25NO3. The Hall–Kier alpha value is -1.39. The second-order valence-corrected chi connectivity index (χ2v) is 7.61. The molecule has 1 spiro atoms. The SMILES string of the molecule is CC1(C)[C@@H]2CCNC(=O)C2(c2ccccc2)CCC12OCCO2. The van der Waals surface area contributed by atoms with Gasteiger partial charge < -0.3 is 14.8 Å². The highest BCUT2D eigenvalue weighted by atomic mass is 16.7. The second kappa shape index (κ2) is 5.05. The van der Waals surface area contributed by atoms with Crippen molar-refractivity contribution < 1.29 is 14.3 Å². The second-order valence-electron chi connectivity index (χ2n) is 7.61. The third kappa shape index (κ3) is 1.88. The lowest BCUT2D eigenvalue weighted by atomic mass is 9.49. The lowest BCUT2D eigenvalue weighted by Crippen LogP contribution is -2.67. The van der Waals surface area contributed by atoms with Crippen molar-refractivity contribution in [1.82, 2.24) is 5.32 Å². The summed E-state index contributed by atoms with van der Waals surface area (Å²) in [6.45, 7) is 6.48. The monoisotopic (exact) mass is 315 g/mol. The van der Waals surface area contributed by atoms with Crippen molar-refractivity contribution in [2.24, 2.45) is 11.3 Å². The number of piperidine rings is 1. The maximum Gasteiger partial charge on any atom is 0.230 e. The lowest BCUT2D eigenvalue weighted by Gasteiger charge is -2.60. The van der Waals surface area contributed by atoms with E-state index in [1.807, 2.05) is 18.2 Å². The van der Waals surface area contributed by atoms with E-state index in [0.717, 1.165) is 31.4 Å². The number of amides is 1. The minimum atomic E-state index is -0.534. The molecule has 3 fully saturated rings. The van der Waals surface area contributed by atoms with Gasteiger partial charge in [0.15, 0.2) is 5.79 Å². The molecule has 3 aliphatic rings. The zero-order valence-corrected chi connectivity index (χ0v) is 13.9. The van der Waals surface area contributed by atoms with Gasteiger partial charge in [-0.25, -0.2) is 0 Å². The normalized spacial score (nSPS) is 34.9. The summed E-state index contributed by atoms with van der Waals surface area (Å²) in [4.78, 5) is 13.0. The Balaban J connectivity index is 1.85. The van der Waals surface area contributed by atoms with Gasteiger partial charge in [0.2, 0.25) is 5.91 Å². The van der Waals surface area contributed by atoms with Gasteiger partial charge in [-0.3, -0.25) is 4.79 Å². The van der Waals surface area contributed by atoms with Gasteiger partial charge in [-0.2, -0.15) is 0 Å². The Morgan fingerprint density at radius 1 is 1.09 bits per heavy atom. The number of rotatable bonds is 1. The van der Waals surface area contributed by atoms with Crippen LogP contribution in [0, 0.1) is 11.3 Å². The van der Waals surface area contributed by atoms with E-state index >= 15 is 0 Å². The number of ether oxygens (including phenoxy) is 2. The summed E-state index contributed by atoms with van der Waals surface area (Å²) in [5.41, 5.74) is 0.446. The van der Waals surface area contributed by atoms with Gasteiger partial charge in [-0.05, 0) is 24.3 Å². The smallest absolute Gasteiger partial charge is 0.230 e. The molecule has 4 heteroatoms. The number of carbonyl (C=O) groups excluding carboxylic acids is 1. The van der Waals surface area contributed by atoms with Gasteiger partial charge >= 0.3 is 0 Å². The van der Waals surface area contributed by atoms with Crippen LogP contribution >= 0.6 is 0 Å². The molecule has 0 bridgehead atoms. The first-order chi connectivity index (χ1) is 11.0. The molecule has 2 heterocycles. The Labute approximate surface area is 137 Å². The lowest BCUT2D eigenvalue weighted by molar-refractivity contribution is -0.275. The van der Waals surface area contributed by atoms with E-state index in [1.54, 1.807) is 0 Å². The van der Waals surface area contributed by atoms with E-state index in [0.29, 0.717) is 13.2 Å². The minimum Gasteiger partial charge on any atom is -0.355 e. The van der Waals surface area contributed by atoms with E-state index in [-0.39, 0.29) is 17.2 Å². The number of fused-ring (bicyclic) bond motifs is 1. The predicted molar refractivity (Wildman–Crippen MR) is 86.9 cm³/mol. The fourth-order valence-corrected chi connectivity index (χ4v) is 5.29. The molecule has 1 aromatic rings. The molecule has 2 aliphatic heterocycles. The third-order valence-electron chi connectivity index (χ3n) is 6.46. The van der Waals surface area contributed by atoms with Crippen molar-refractivity contribution in [3.05, 3.63) is 35.9 Å². The molecule has 1 aliphatic carbocycles. The number of hydrogen-bond donors (Lipinski definition) is 1. The van der Waals surface area contributed by atoms with Crippen molar-refractivity contribution in [3.63, 3.8) is 0 Å². The highest BCUT2D eigenvalue weighted by molar-refractivity contribution is 5.89. The number of nitrogens with one attached hydrogen (secondary N) is 1. The van der Waals surface area contributed by atoms with Gasteiger partial charge in [-0.1, -0.05) is 44.2 Å². The maximum atomic E-state index is 13.0. The van der Waals surface area contributed by atoms with Crippen molar-refractivity contribution in [1.29, 1.82) is 0 Å². The summed E-state index contributed by atoms with van der Waals surface area (Å²) in [5.74, 6) is -0.160. The van der Waals surface area contributed by atoms with Crippen molar-refractivity contribution >= 4 is 5.91 Å². The van der Waals surface area contributed by atoms with Crippen LogP contribution in [-0.4, -0.2) is 31.5 Å². The zero-order chi connectivity index (χ0) is 16.1. The molecule has 4 nitrogen and oxygen atoms in total. The average Bonchev–Trinajstić information content (AvgIpc) is 3.04. The molecule has 2 saturated heterocycles. The van der Waals surface area contributed by atoms with Crippen LogP contribution < -0.4 is 5.32 Å². The molecule has 23 heavy (non-hydrogen) atoms. The van der Waals surface area contributed by atoms with Crippen molar-refractivity contribution in [3.8, 4) is 0 Å². The topological polar surface area (TPSA) is 47.6 Å². The van der Waals surface area contributed by atoms with E-state index in [9.17, 15) is 4.79 Å². The van der Waals surface area contributed by atoms with Crippen LogP contribution in [0.4, 0.5) is 0 Å². The van der Waals surface area contributed by atoms with E-state index in [4.69, 9.17) is 9.47 Å². The number of carbonyl (C=O) groups is 1. The molecule has 1 N–H and O–H groups in total. The summed E-state index contributed by atoms with van der Waals surface area (Å²) in [6.07, 6.45) is 2.50. The molecule has 0 aromatic heterocycles. The zero-order valence-electron chi connectivity index (χ0n) is 13.9. The van der Waals surface area contributed by atoms with Gasteiger partial charge in [0.25, 0.3) is 0 Å².